The van der Waals surface area contributed by atoms with Gasteiger partial charge in [-0.25, -0.2) is 0 Å². The van der Waals surface area contributed by atoms with Crippen LogP contribution in [0.5, 0.6) is 0 Å². The van der Waals surface area contributed by atoms with Crippen LogP contribution in [0.15, 0.2) is 54.2 Å². The Balaban J connectivity index is 0.000000192. The fourth-order valence-corrected chi connectivity index (χ4v) is 3.07. The van der Waals surface area contributed by atoms with E-state index in [0.717, 1.165) is 47.5 Å². The van der Waals surface area contributed by atoms with Crippen LogP contribution in [0.3, 0.4) is 0 Å². The number of allylic oxidation sites excluding steroid dienone is 2. The second-order valence-electron chi connectivity index (χ2n) is 6.37. The standard InChI is InChI=1S/C15H13NO.C6H9NO/c17-15-8-4-7-14-12(15)9-10-13(16-14)11-5-2-1-3-6-11;7-5-2-1-3-6(8)4-5/h1-3,5-6,9-10H,4,7-8H2;2H,1,3-4,7H2. The lowest BCUT2D eigenvalue weighted by molar-refractivity contribution is -0.118. The molecular weight excluding hydrogens is 312 g/mol. The number of aromatic nitrogens is 1. The molecule has 2 N–H and O–H groups in total. The molecule has 2 aromatic rings. The molecule has 0 bridgehead atoms. The molecule has 1 heterocycles. The molecule has 128 valence electrons. The van der Waals surface area contributed by atoms with Crippen molar-refractivity contribution >= 4 is 11.6 Å². The summed E-state index contributed by atoms with van der Waals surface area (Å²) in [6, 6.07) is 13.9. The van der Waals surface area contributed by atoms with Crippen LogP contribution < -0.4 is 5.73 Å². The molecule has 0 fully saturated rings. The summed E-state index contributed by atoms with van der Waals surface area (Å²) in [5, 5.41) is 0. The second-order valence-corrected chi connectivity index (χ2v) is 6.37. The van der Waals surface area contributed by atoms with E-state index >= 15 is 0 Å². The quantitative estimate of drug-likeness (QED) is 0.859. The summed E-state index contributed by atoms with van der Waals surface area (Å²) in [5.41, 5.74) is 9.94. The van der Waals surface area contributed by atoms with E-state index in [2.05, 4.69) is 4.98 Å². The number of pyridine rings is 1. The molecule has 0 aliphatic heterocycles. The van der Waals surface area contributed by atoms with Crippen LogP contribution in [0.1, 0.15) is 48.2 Å². The van der Waals surface area contributed by atoms with Gasteiger partial charge >= 0.3 is 0 Å². The minimum Gasteiger partial charge on any atom is -0.402 e. The summed E-state index contributed by atoms with van der Waals surface area (Å²) in [6.07, 6.45) is 6.42. The first kappa shape index (κ1) is 17.1. The molecule has 2 aliphatic rings. The van der Waals surface area contributed by atoms with Gasteiger partial charge in [-0.15, -0.1) is 0 Å². The van der Waals surface area contributed by atoms with E-state index in [1.165, 1.54) is 0 Å². The molecular formula is C21H22N2O2. The summed E-state index contributed by atoms with van der Waals surface area (Å²) < 4.78 is 0. The number of aryl methyl sites for hydroxylation is 1. The van der Waals surface area contributed by atoms with Crippen molar-refractivity contribution in [3.8, 4) is 11.3 Å². The highest BCUT2D eigenvalue weighted by molar-refractivity contribution is 5.98. The number of carbonyl (C=O) groups excluding carboxylic acids is 2. The number of nitrogens with two attached hydrogens (primary N) is 1. The number of hydrogen-bond acceptors (Lipinski definition) is 4. The molecule has 0 saturated carbocycles. The Labute approximate surface area is 147 Å². The van der Waals surface area contributed by atoms with E-state index in [1.807, 2.05) is 48.5 Å². The average Bonchev–Trinajstić information content (AvgIpc) is 2.63. The normalized spacial score (nSPS) is 16.4. The summed E-state index contributed by atoms with van der Waals surface area (Å²) in [7, 11) is 0. The Morgan fingerprint density at radius 2 is 1.72 bits per heavy atom. The van der Waals surface area contributed by atoms with Crippen molar-refractivity contribution in [2.75, 3.05) is 0 Å². The molecule has 4 nitrogen and oxygen atoms in total. The molecule has 0 radical (unpaired) electrons. The van der Waals surface area contributed by atoms with Gasteiger partial charge in [0, 0.05) is 36.1 Å². The van der Waals surface area contributed by atoms with Crippen LogP contribution in [0.2, 0.25) is 0 Å². The van der Waals surface area contributed by atoms with Gasteiger partial charge in [0.15, 0.2) is 5.78 Å². The van der Waals surface area contributed by atoms with Crippen molar-refractivity contribution in [1.29, 1.82) is 0 Å². The third-order valence-electron chi connectivity index (χ3n) is 4.39. The Hall–Kier alpha value is -2.75. The van der Waals surface area contributed by atoms with Gasteiger partial charge in [-0.1, -0.05) is 36.4 Å². The van der Waals surface area contributed by atoms with Gasteiger partial charge in [0.2, 0.25) is 0 Å². The second kappa shape index (κ2) is 7.88. The van der Waals surface area contributed by atoms with Crippen LogP contribution in [0.25, 0.3) is 11.3 Å². The highest BCUT2D eigenvalue weighted by Gasteiger charge is 2.18. The van der Waals surface area contributed by atoms with Crippen LogP contribution >= 0.6 is 0 Å². The van der Waals surface area contributed by atoms with Gasteiger partial charge in [-0.2, -0.15) is 0 Å². The summed E-state index contributed by atoms with van der Waals surface area (Å²) in [5.74, 6) is 0.503. The molecule has 2 aliphatic carbocycles. The van der Waals surface area contributed by atoms with Crippen molar-refractivity contribution in [2.24, 2.45) is 5.73 Å². The number of carbonyl (C=O) groups is 2. The number of nitrogens with zero attached hydrogens (tertiary/aromatic N) is 1. The molecule has 0 amide bonds. The fourth-order valence-electron chi connectivity index (χ4n) is 3.07. The maximum absolute atomic E-state index is 11.7. The summed E-state index contributed by atoms with van der Waals surface area (Å²) in [4.78, 5) is 26.9. The Morgan fingerprint density at radius 3 is 2.40 bits per heavy atom. The van der Waals surface area contributed by atoms with Gasteiger partial charge in [0.05, 0.1) is 11.4 Å². The van der Waals surface area contributed by atoms with Crippen molar-refractivity contribution in [3.05, 3.63) is 65.5 Å². The predicted octanol–water partition coefficient (Wildman–Crippen LogP) is 3.85. The largest absolute Gasteiger partial charge is 0.402 e. The van der Waals surface area contributed by atoms with E-state index in [9.17, 15) is 9.59 Å². The van der Waals surface area contributed by atoms with Crippen LogP contribution in [-0.2, 0) is 11.2 Å². The monoisotopic (exact) mass is 334 g/mol. The zero-order valence-electron chi connectivity index (χ0n) is 14.2. The van der Waals surface area contributed by atoms with Crippen LogP contribution in [0, 0.1) is 0 Å². The maximum atomic E-state index is 11.7. The van der Waals surface area contributed by atoms with Crippen molar-refractivity contribution in [3.63, 3.8) is 0 Å². The Bertz CT molecular complexity index is 810. The molecule has 1 aromatic carbocycles. The summed E-state index contributed by atoms with van der Waals surface area (Å²) in [6.45, 7) is 0. The SMILES string of the molecule is NC1=CCCC(=O)C1.O=C1CCCc2nc(-c3ccccc3)ccc21. The van der Waals surface area contributed by atoms with E-state index in [-0.39, 0.29) is 11.6 Å². The molecule has 0 unspecified atom stereocenters. The van der Waals surface area contributed by atoms with E-state index in [1.54, 1.807) is 0 Å². The maximum Gasteiger partial charge on any atom is 0.164 e. The number of fused-ring (bicyclic) bond motifs is 1. The minimum absolute atomic E-state index is 0.235. The third kappa shape index (κ3) is 4.41. The molecule has 0 spiro atoms. The topological polar surface area (TPSA) is 73.1 Å². The molecule has 4 rings (SSSR count). The zero-order valence-corrected chi connectivity index (χ0v) is 14.2. The third-order valence-corrected chi connectivity index (χ3v) is 4.39. The first-order valence-corrected chi connectivity index (χ1v) is 8.68. The first-order valence-electron chi connectivity index (χ1n) is 8.68. The number of benzene rings is 1. The number of rotatable bonds is 1. The molecule has 25 heavy (non-hydrogen) atoms. The van der Waals surface area contributed by atoms with Gasteiger partial charge < -0.3 is 5.73 Å². The van der Waals surface area contributed by atoms with Crippen molar-refractivity contribution in [1.82, 2.24) is 4.98 Å². The highest BCUT2D eigenvalue weighted by atomic mass is 16.1. The number of Topliss-reactive ketones (excluding diaryl/α,β-unsaturated/α-hetero) is 2. The fraction of sp³-hybridized carbons (Fsp3) is 0.286. The lowest BCUT2D eigenvalue weighted by Gasteiger charge is -2.14. The smallest absolute Gasteiger partial charge is 0.164 e. The van der Waals surface area contributed by atoms with Crippen LogP contribution in [0.4, 0.5) is 0 Å². The molecule has 0 atom stereocenters. The lowest BCUT2D eigenvalue weighted by Crippen LogP contribution is -2.12. The lowest BCUT2D eigenvalue weighted by atomic mass is 9.94. The van der Waals surface area contributed by atoms with Gasteiger partial charge in [0.1, 0.15) is 5.78 Å². The zero-order chi connectivity index (χ0) is 17.6. The van der Waals surface area contributed by atoms with Gasteiger partial charge in [-0.05, 0) is 31.4 Å². The number of hydrogen-bond donors (Lipinski definition) is 1. The predicted molar refractivity (Wildman–Crippen MR) is 98.1 cm³/mol. The first-order chi connectivity index (χ1) is 12.1. The summed E-state index contributed by atoms with van der Waals surface area (Å²) >= 11 is 0. The highest BCUT2D eigenvalue weighted by Crippen LogP contribution is 2.24. The molecule has 4 heteroatoms. The van der Waals surface area contributed by atoms with E-state index < -0.39 is 0 Å². The van der Waals surface area contributed by atoms with E-state index in [4.69, 9.17) is 5.73 Å². The minimum atomic E-state index is 0.235. The van der Waals surface area contributed by atoms with Crippen molar-refractivity contribution < 1.29 is 9.59 Å². The van der Waals surface area contributed by atoms with E-state index in [0.29, 0.717) is 19.3 Å². The molecule has 1 aromatic heterocycles. The Morgan fingerprint density at radius 1 is 0.920 bits per heavy atom. The molecule has 0 saturated heterocycles. The van der Waals surface area contributed by atoms with Gasteiger partial charge in [-0.3, -0.25) is 14.6 Å². The Kier molecular flexibility index (Phi) is 5.39. The van der Waals surface area contributed by atoms with Gasteiger partial charge in [0.25, 0.3) is 0 Å². The number of ketones is 2. The van der Waals surface area contributed by atoms with Crippen LogP contribution in [-0.4, -0.2) is 16.6 Å². The van der Waals surface area contributed by atoms with Crippen molar-refractivity contribution in [2.45, 2.75) is 38.5 Å². The average molecular weight is 334 g/mol.